The Kier molecular flexibility index (Phi) is 6.78. The van der Waals surface area contributed by atoms with Crippen LogP contribution in [0.5, 0.6) is 0 Å². The Balaban J connectivity index is 1.12. The second-order valence-electron chi connectivity index (χ2n) is 18.6. The zero-order valence-electron chi connectivity index (χ0n) is 28.7. The van der Waals surface area contributed by atoms with E-state index >= 15 is 0 Å². The summed E-state index contributed by atoms with van der Waals surface area (Å²) in [5, 5.41) is 47.8. The molecule has 0 amide bonds. The lowest BCUT2D eigenvalue weighted by Gasteiger charge is -2.67. The van der Waals surface area contributed by atoms with Crippen molar-refractivity contribution in [2.24, 2.45) is 70.0 Å². The largest absolute Gasteiger partial charge is 0.392 e. The van der Waals surface area contributed by atoms with Crippen LogP contribution in [0.25, 0.3) is 0 Å². The molecule has 46 heavy (non-hydrogen) atoms. The molecule has 0 aromatic carbocycles. The van der Waals surface area contributed by atoms with Gasteiger partial charge in [0.1, 0.15) is 0 Å². The van der Waals surface area contributed by atoms with Crippen LogP contribution < -0.4 is 0 Å². The van der Waals surface area contributed by atoms with Gasteiger partial charge in [0.15, 0.2) is 5.78 Å². The summed E-state index contributed by atoms with van der Waals surface area (Å²) in [5.74, 6) is 2.17. The summed E-state index contributed by atoms with van der Waals surface area (Å²) in [6.45, 7) is 9.27. The second-order valence-corrected chi connectivity index (χ2v) is 18.6. The van der Waals surface area contributed by atoms with E-state index < -0.39 is 34.7 Å². The van der Waals surface area contributed by atoms with Gasteiger partial charge in [-0.15, -0.1) is 0 Å². The third-order valence-corrected chi connectivity index (χ3v) is 16.9. The van der Waals surface area contributed by atoms with Crippen LogP contribution in [-0.4, -0.2) is 50.1 Å². The summed E-state index contributed by atoms with van der Waals surface area (Å²) in [7, 11) is 0. The van der Waals surface area contributed by atoms with Gasteiger partial charge in [0.25, 0.3) is 0 Å². The number of hydrogen-bond donors (Lipinski definition) is 4. The minimum absolute atomic E-state index is 0.0473. The number of aliphatic hydroxyl groups is 4. The van der Waals surface area contributed by atoms with Gasteiger partial charge >= 0.3 is 0 Å². The monoisotopic (exact) mass is 630 g/mol. The summed E-state index contributed by atoms with van der Waals surface area (Å²) < 4.78 is 0. The van der Waals surface area contributed by atoms with Crippen molar-refractivity contribution in [1.29, 1.82) is 0 Å². The number of carbonyl (C=O) groups excluding carboxylic acids is 1. The molecule has 0 spiro atoms. The Morgan fingerprint density at radius 1 is 0.870 bits per heavy atom. The molecule has 5 nitrogen and oxygen atoms in total. The first-order valence-corrected chi connectivity index (χ1v) is 19.4. The lowest BCUT2D eigenvalue weighted by atomic mass is 9.38. The minimum atomic E-state index is -1.07. The van der Waals surface area contributed by atoms with E-state index in [1.54, 1.807) is 22.3 Å². The SMILES string of the molecule is CC(C)C1=C2CCCCC2C2=C3C(CCC2)CC(C2CCC4(O)C5=CC(=O)C6CC(O)C(O)C7CCC(CC24C)C5C67C)C(O)C13. The van der Waals surface area contributed by atoms with Crippen molar-refractivity contribution >= 4 is 5.78 Å². The van der Waals surface area contributed by atoms with E-state index in [0.717, 1.165) is 37.7 Å². The normalized spacial score (nSPS) is 54.2. The smallest absolute Gasteiger partial charge is 0.159 e. The highest BCUT2D eigenvalue weighted by Crippen LogP contribution is 2.74. The highest BCUT2D eigenvalue weighted by atomic mass is 16.3. The predicted molar refractivity (Wildman–Crippen MR) is 177 cm³/mol. The zero-order valence-corrected chi connectivity index (χ0v) is 28.7. The van der Waals surface area contributed by atoms with Crippen molar-refractivity contribution < 1.29 is 25.2 Å². The van der Waals surface area contributed by atoms with Crippen LogP contribution in [0.15, 0.2) is 33.9 Å². The standard InChI is InChI=1S/C41H58O5/c1-20(2)33-24-10-6-5-9-23(24)25-11-7-8-21-16-26(37(44)35(33)34(21)25)27-14-15-41(46)30-18-31(42)29-17-32(43)38(45)28-13-12-22(19-39(27,41)3)36(30)40(28,29)4/h18,20-23,26-29,32,35-38,43-46H,5-17,19H2,1-4H3. The number of hydrogen-bond acceptors (Lipinski definition) is 5. The highest BCUT2D eigenvalue weighted by Gasteiger charge is 2.72. The molecule has 0 saturated heterocycles. The number of aliphatic hydroxyl groups excluding tert-OH is 3. The van der Waals surface area contributed by atoms with Gasteiger partial charge in [-0.3, -0.25) is 4.79 Å². The van der Waals surface area contributed by atoms with Crippen molar-refractivity contribution in [3.8, 4) is 0 Å². The molecule has 252 valence electrons. The van der Waals surface area contributed by atoms with Gasteiger partial charge in [-0.05, 0) is 142 Å². The van der Waals surface area contributed by atoms with E-state index in [4.69, 9.17) is 0 Å². The molecule has 5 heteroatoms. The van der Waals surface area contributed by atoms with Gasteiger partial charge in [-0.2, -0.15) is 0 Å². The first-order valence-electron chi connectivity index (χ1n) is 19.4. The maximum atomic E-state index is 13.9. The zero-order chi connectivity index (χ0) is 32.1. The molecule has 0 aromatic heterocycles. The van der Waals surface area contributed by atoms with E-state index in [9.17, 15) is 25.2 Å². The summed E-state index contributed by atoms with van der Waals surface area (Å²) in [6, 6.07) is 0. The number of fused-ring (bicyclic) bond motifs is 4. The van der Waals surface area contributed by atoms with Crippen LogP contribution in [0.3, 0.4) is 0 Å². The molecule has 6 saturated carbocycles. The van der Waals surface area contributed by atoms with Crippen molar-refractivity contribution in [1.82, 2.24) is 0 Å². The number of rotatable bonds is 2. The quantitative estimate of drug-likeness (QED) is 0.255. The van der Waals surface area contributed by atoms with Crippen molar-refractivity contribution in [3.63, 3.8) is 0 Å². The third kappa shape index (κ3) is 3.65. The molecule has 15 unspecified atom stereocenters. The number of carbonyl (C=O) groups is 1. The molecule has 4 N–H and O–H groups in total. The summed E-state index contributed by atoms with van der Waals surface area (Å²) in [5.41, 5.74) is 5.67. The van der Waals surface area contributed by atoms with Crippen molar-refractivity contribution in [2.45, 2.75) is 141 Å². The van der Waals surface area contributed by atoms with Gasteiger partial charge in [0.05, 0.1) is 23.9 Å². The van der Waals surface area contributed by atoms with Crippen molar-refractivity contribution in [2.75, 3.05) is 0 Å². The van der Waals surface area contributed by atoms with E-state index in [1.807, 2.05) is 6.08 Å². The Bertz CT molecular complexity index is 1420. The van der Waals surface area contributed by atoms with E-state index in [0.29, 0.717) is 36.5 Å². The summed E-state index contributed by atoms with van der Waals surface area (Å²) >= 11 is 0. The highest BCUT2D eigenvalue weighted by molar-refractivity contribution is 5.95. The average Bonchev–Trinajstić information content (AvgIpc) is 3.30. The topological polar surface area (TPSA) is 98.0 Å². The Morgan fingerprint density at radius 3 is 2.43 bits per heavy atom. The van der Waals surface area contributed by atoms with E-state index in [-0.39, 0.29) is 41.3 Å². The molecule has 6 fully saturated rings. The molecule has 9 aliphatic carbocycles. The molecule has 0 bridgehead atoms. The second kappa shape index (κ2) is 10.1. The van der Waals surface area contributed by atoms with Gasteiger partial charge in [-0.1, -0.05) is 56.4 Å². The fourth-order valence-corrected chi connectivity index (χ4v) is 15.3. The lowest BCUT2D eigenvalue weighted by molar-refractivity contribution is -0.205. The Morgan fingerprint density at radius 2 is 1.65 bits per heavy atom. The fourth-order valence-electron chi connectivity index (χ4n) is 15.3. The van der Waals surface area contributed by atoms with Gasteiger partial charge < -0.3 is 20.4 Å². The van der Waals surface area contributed by atoms with Crippen LogP contribution >= 0.6 is 0 Å². The number of allylic oxidation sites excluding steroid dienone is 3. The molecular formula is C41H58O5. The van der Waals surface area contributed by atoms with Gasteiger partial charge in [0.2, 0.25) is 0 Å². The third-order valence-electron chi connectivity index (χ3n) is 16.9. The van der Waals surface area contributed by atoms with Crippen LogP contribution in [-0.2, 0) is 4.79 Å². The minimum Gasteiger partial charge on any atom is -0.392 e. The van der Waals surface area contributed by atoms with E-state index in [2.05, 4.69) is 27.7 Å². The molecule has 0 aromatic rings. The molecular weight excluding hydrogens is 572 g/mol. The van der Waals surface area contributed by atoms with Gasteiger partial charge in [0, 0.05) is 23.2 Å². The lowest BCUT2D eigenvalue weighted by Crippen LogP contribution is -2.68. The maximum absolute atomic E-state index is 13.9. The Hall–Kier alpha value is -1.27. The van der Waals surface area contributed by atoms with Crippen LogP contribution in [0.1, 0.15) is 118 Å². The Labute approximate surface area is 276 Å². The number of ketones is 1. The van der Waals surface area contributed by atoms with Crippen LogP contribution in [0.2, 0.25) is 0 Å². The van der Waals surface area contributed by atoms with Crippen LogP contribution in [0.4, 0.5) is 0 Å². The first-order chi connectivity index (χ1) is 21.9. The average molecular weight is 631 g/mol. The fraction of sp³-hybridized carbons (Fsp3) is 0.829. The molecule has 9 rings (SSSR count). The molecule has 9 aliphatic rings. The molecule has 15 atom stereocenters. The van der Waals surface area contributed by atoms with E-state index in [1.165, 1.54) is 44.9 Å². The summed E-state index contributed by atoms with van der Waals surface area (Å²) in [6.07, 6.45) is 14.2. The molecule has 0 aliphatic heterocycles. The first kappa shape index (κ1) is 30.8. The van der Waals surface area contributed by atoms with Crippen molar-refractivity contribution in [3.05, 3.63) is 33.9 Å². The predicted octanol–water partition coefficient (Wildman–Crippen LogP) is 6.69. The van der Waals surface area contributed by atoms with Gasteiger partial charge in [-0.25, -0.2) is 0 Å². The molecule has 0 heterocycles. The van der Waals surface area contributed by atoms with Crippen LogP contribution in [0, 0.1) is 70.0 Å². The maximum Gasteiger partial charge on any atom is 0.159 e. The summed E-state index contributed by atoms with van der Waals surface area (Å²) in [4.78, 5) is 13.9. The molecule has 0 radical (unpaired) electrons.